The van der Waals surface area contributed by atoms with Crippen molar-refractivity contribution >= 4 is 23.0 Å². The second kappa shape index (κ2) is 3.81. The molecule has 2 nitrogen and oxygen atoms in total. The molecule has 1 fully saturated rings. The third-order valence-electron chi connectivity index (χ3n) is 4.55. The molecule has 0 aromatic heterocycles. The molecule has 17 heavy (non-hydrogen) atoms. The van der Waals surface area contributed by atoms with Crippen molar-refractivity contribution in [2.24, 2.45) is 0 Å². The summed E-state index contributed by atoms with van der Waals surface area (Å²) in [5.41, 5.74) is 4.05. The Labute approximate surface area is 108 Å². The highest BCUT2D eigenvalue weighted by Crippen LogP contribution is 2.46. The summed E-state index contributed by atoms with van der Waals surface area (Å²) in [5, 5.41) is 4.46. The Morgan fingerprint density at radius 2 is 2.00 bits per heavy atom. The molecule has 92 valence electrons. The molecule has 0 saturated heterocycles. The second-order valence-electron chi connectivity index (χ2n) is 5.41. The number of nitrogens with zero attached hydrogens (tertiary/aromatic N) is 1. The van der Waals surface area contributed by atoms with Crippen molar-refractivity contribution in [3.05, 3.63) is 22.7 Å². The number of nitrogens with one attached hydrogen (secondary N) is 1. The smallest absolute Gasteiger partial charge is 0.0649 e. The average molecular weight is 251 g/mol. The predicted molar refractivity (Wildman–Crippen MR) is 74.3 cm³/mol. The Balaban J connectivity index is 2.10. The lowest BCUT2D eigenvalue weighted by atomic mass is 9.91. The molecular weight excluding hydrogens is 232 g/mol. The fourth-order valence-electron chi connectivity index (χ4n) is 3.41. The van der Waals surface area contributed by atoms with Crippen LogP contribution in [0.5, 0.6) is 0 Å². The van der Waals surface area contributed by atoms with Crippen molar-refractivity contribution in [1.82, 2.24) is 0 Å². The molecule has 1 aliphatic carbocycles. The highest BCUT2D eigenvalue weighted by atomic mass is 35.5. The lowest BCUT2D eigenvalue weighted by Crippen LogP contribution is -2.53. The molecule has 1 aliphatic heterocycles. The van der Waals surface area contributed by atoms with Gasteiger partial charge in [0.2, 0.25) is 0 Å². The summed E-state index contributed by atoms with van der Waals surface area (Å²) in [6.45, 7) is 3.19. The minimum absolute atomic E-state index is 0.322. The van der Waals surface area contributed by atoms with Crippen LogP contribution in [0.25, 0.3) is 0 Å². The Bertz CT molecular complexity index is 450. The van der Waals surface area contributed by atoms with E-state index in [9.17, 15) is 0 Å². The molecule has 1 aromatic carbocycles. The van der Waals surface area contributed by atoms with Crippen LogP contribution in [0.4, 0.5) is 11.4 Å². The van der Waals surface area contributed by atoms with Crippen LogP contribution in [0.2, 0.25) is 5.02 Å². The van der Waals surface area contributed by atoms with Gasteiger partial charge in [-0.1, -0.05) is 24.4 Å². The van der Waals surface area contributed by atoms with E-state index in [0.717, 1.165) is 11.6 Å². The van der Waals surface area contributed by atoms with E-state index in [-0.39, 0.29) is 0 Å². The average Bonchev–Trinajstić information content (AvgIpc) is 2.78. The summed E-state index contributed by atoms with van der Waals surface area (Å²) in [5.74, 6) is 0. The first-order chi connectivity index (χ1) is 8.14. The zero-order chi connectivity index (χ0) is 12.0. The molecule has 1 heterocycles. The number of rotatable bonds is 0. The predicted octanol–water partition coefficient (Wildman–Crippen LogP) is 3.82. The normalized spacial score (nSPS) is 21.5. The lowest BCUT2D eigenvalue weighted by Gasteiger charge is -2.46. The molecule has 1 aromatic rings. The van der Waals surface area contributed by atoms with Crippen LogP contribution in [0.3, 0.4) is 0 Å². The minimum Gasteiger partial charge on any atom is -0.381 e. The number of fused-ring (bicyclic) bond motifs is 1. The first-order valence-electron chi connectivity index (χ1n) is 6.41. The van der Waals surface area contributed by atoms with E-state index in [2.05, 4.69) is 30.3 Å². The summed E-state index contributed by atoms with van der Waals surface area (Å²) in [6.07, 6.45) is 5.28. The number of likely N-dealkylation sites (N-methyl/N-ethyl adjacent to an activating group) is 1. The highest BCUT2D eigenvalue weighted by Gasteiger charge is 2.41. The quantitative estimate of drug-likeness (QED) is 0.753. The summed E-state index contributed by atoms with van der Waals surface area (Å²) in [4.78, 5) is 2.48. The number of hydrogen-bond acceptors (Lipinski definition) is 2. The van der Waals surface area contributed by atoms with Crippen molar-refractivity contribution in [2.75, 3.05) is 23.8 Å². The van der Waals surface area contributed by atoms with Gasteiger partial charge in [-0.15, -0.1) is 0 Å². The first kappa shape index (κ1) is 11.2. The largest absolute Gasteiger partial charge is 0.381 e. The molecule has 0 bridgehead atoms. The third kappa shape index (κ3) is 1.54. The van der Waals surface area contributed by atoms with E-state index >= 15 is 0 Å². The molecular formula is C14H19ClN2. The van der Waals surface area contributed by atoms with Gasteiger partial charge in [0.05, 0.1) is 16.9 Å². The van der Waals surface area contributed by atoms with E-state index in [4.69, 9.17) is 11.6 Å². The topological polar surface area (TPSA) is 15.3 Å². The summed E-state index contributed by atoms with van der Waals surface area (Å²) in [7, 11) is 2.23. The molecule has 0 radical (unpaired) electrons. The Kier molecular flexibility index (Phi) is 2.51. The number of anilines is 2. The Morgan fingerprint density at radius 3 is 2.71 bits per heavy atom. The van der Waals surface area contributed by atoms with Crippen LogP contribution in [-0.4, -0.2) is 19.1 Å². The number of hydrogen-bond donors (Lipinski definition) is 1. The molecule has 0 atom stereocenters. The van der Waals surface area contributed by atoms with Crippen LogP contribution in [0, 0.1) is 6.92 Å². The van der Waals surface area contributed by atoms with Crippen molar-refractivity contribution in [1.29, 1.82) is 0 Å². The SMILES string of the molecule is Cc1c(Cl)ccc2c1N(C)C1(CCCC1)CN2. The molecule has 3 heteroatoms. The summed E-state index contributed by atoms with van der Waals surface area (Å²) >= 11 is 6.25. The van der Waals surface area contributed by atoms with Crippen molar-refractivity contribution in [2.45, 2.75) is 38.1 Å². The second-order valence-corrected chi connectivity index (χ2v) is 5.82. The highest BCUT2D eigenvalue weighted by molar-refractivity contribution is 6.32. The summed E-state index contributed by atoms with van der Waals surface area (Å²) < 4.78 is 0. The number of benzene rings is 1. The van der Waals surface area contributed by atoms with Gasteiger partial charge in [-0.3, -0.25) is 0 Å². The third-order valence-corrected chi connectivity index (χ3v) is 4.96. The zero-order valence-electron chi connectivity index (χ0n) is 10.5. The molecule has 3 rings (SSSR count). The standard InChI is InChI=1S/C14H19ClN2/c1-10-11(15)5-6-12-13(10)17(2)14(9-16-12)7-3-4-8-14/h5-6,16H,3-4,7-9H2,1-2H3. The number of halogens is 1. The van der Waals surface area contributed by atoms with Crippen molar-refractivity contribution in [3.8, 4) is 0 Å². The maximum absolute atomic E-state index is 6.25. The first-order valence-corrected chi connectivity index (χ1v) is 6.79. The zero-order valence-corrected chi connectivity index (χ0v) is 11.3. The molecule has 1 saturated carbocycles. The minimum atomic E-state index is 0.322. The van der Waals surface area contributed by atoms with Crippen LogP contribution >= 0.6 is 11.6 Å². The van der Waals surface area contributed by atoms with Gasteiger partial charge in [-0.2, -0.15) is 0 Å². The van der Waals surface area contributed by atoms with Gasteiger partial charge in [-0.25, -0.2) is 0 Å². The molecule has 0 amide bonds. The Morgan fingerprint density at radius 1 is 1.29 bits per heavy atom. The van der Waals surface area contributed by atoms with Gasteiger partial charge < -0.3 is 10.2 Å². The van der Waals surface area contributed by atoms with Gasteiger partial charge in [0.1, 0.15) is 0 Å². The van der Waals surface area contributed by atoms with Crippen LogP contribution in [0.15, 0.2) is 12.1 Å². The van der Waals surface area contributed by atoms with E-state index in [1.165, 1.54) is 42.6 Å². The maximum Gasteiger partial charge on any atom is 0.0649 e. The van der Waals surface area contributed by atoms with Gasteiger partial charge >= 0.3 is 0 Å². The van der Waals surface area contributed by atoms with E-state index in [1.807, 2.05) is 6.07 Å². The molecule has 1 N–H and O–H groups in total. The van der Waals surface area contributed by atoms with Crippen molar-refractivity contribution < 1.29 is 0 Å². The van der Waals surface area contributed by atoms with Crippen LogP contribution in [0.1, 0.15) is 31.2 Å². The van der Waals surface area contributed by atoms with E-state index in [1.54, 1.807) is 0 Å². The monoisotopic (exact) mass is 250 g/mol. The van der Waals surface area contributed by atoms with Crippen molar-refractivity contribution in [3.63, 3.8) is 0 Å². The van der Waals surface area contributed by atoms with Crippen LogP contribution in [-0.2, 0) is 0 Å². The lowest BCUT2D eigenvalue weighted by molar-refractivity contribution is 0.428. The van der Waals surface area contributed by atoms with Gasteiger partial charge in [0, 0.05) is 18.6 Å². The Hall–Kier alpha value is -0.890. The molecule has 2 aliphatic rings. The van der Waals surface area contributed by atoms with Gasteiger partial charge in [0.15, 0.2) is 0 Å². The van der Waals surface area contributed by atoms with Gasteiger partial charge in [0.25, 0.3) is 0 Å². The van der Waals surface area contributed by atoms with Gasteiger partial charge in [-0.05, 0) is 37.5 Å². The fourth-order valence-corrected chi connectivity index (χ4v) is 3.56. The van der Waals surface area contributed by atoms with E-state index in [0.29, 0.717) is 5.54 Å². The van der Waals surface area contributed by atoms with Crippen LogP contribution < -0.4 is 10.2 Å². The fraction of sp³-hybridized carbons (Fsp3) is 0.571. The molecule has 0 unspecified atom stereocenters. The van der Waals surface area contributed by atoms with E-state index < -0.39 is 0 Å². The summed E-state index contributed by atoms with van der Waals surface area (Å²) in [6, 6.07) is 4.09. The molecule has 1 spiro atoms. The maximum atomic E-state index is 6.25.